The van der Waals surface area contributed by atoms with Crippen LogP contribution in [0.3, 0.4) is 0 Å². The van der Waals surface area contributed by atoms with Crippen molar-refractivity contribution in [1.82, 2.24) is 14.9 Å². The summed E-state index contributed by atoms with van der Waals surface area (Å²) in [5.74, 6) is -0.109. The molecule has 4 aromatic rings. The summed E-state index contributed by atoms with van der Waals surface area (Å²) >= 11 is 9.61. The van der Waals surface area contributed by atoms with Crippen LogP contribution in [0.1, 0.15) is 20.9 Å². The molecule has 0 aliphatic heterocycles. The topological polar surface area (TPSA) is 56.1 Å². The maximum atomic E-state index is 12.8. The minimum Gasteiger partial charge on any atom is -0.383 e. The lowest BCUT2D eigenvalue weighted by molar-refractivity contribution is 0.0936. The number of benzene rings is 1. The van der Waals surface area contributed by atoms with Gasteiger partial charge in [-0.1, -0.05) is 35.9 Å². The van der Waals surface area contributed by atoms with Gasteiger partial charge in [-0.25, -0.2) is 4.98 Å². The van der Waals surface area contributed by atoms with Crippen LogP contribution in [0.25, 0.3) is 22.0 Å². The Morgan fingerprint density at radius 1 is 1.23 bits per heavy atom. The van der Waals surface area contributed by atoms with E-state index in [9.17, 15) is 4.79 Å². The van der Waals surface area contributed by atoms with Crippen molar-refractivity contribution in [2.24, 2.45) is 0 Å². The van der Waals surface area contributed by atoms with Crippen LogP contribution in [-0.2, 0) is 11.3 Å². The van der Waals surface area contributed by atoms with Crippen molar-refractivity contribution >= 4 is 40.2 Å². The molecule has 5 nitrogen and oxygen atoms in total. The molecule has 31 heavy (non-hydrogen) atoms. The molecule has 1 amide bonds. The molecule has 0 radical (unpaired) electrons. The molecule has 1 N–H and O–H groups in total. The van der Waals surface area contributed by atoms with Crippen LogP contribution < -0.4 is 5.32 Å². The molecule has 1 aromatic carbocycles. The molecule has 0 fully saturated rings. The number of thiazole rings is 1. The molecule has 0 bridgehead atoms. The highest BCUT2D eigenvalue weighted by molar-refractivity contribution is 7.13. The molecule has 0 spiro atoms. The first-order chi connectivity index (χ1) is 15.1. The number of carbonyl (C=O) groups excluding carboxylic acids is 1. The highest BCUT2D eigenvalue weighted by Gasteiger charge is 2.21. The largest absolute Gasteiger partial charge is 0.383 e. The molecule has 4 rings (SSSR count). The number of halogens is 1. The fourth-order valence-corrected chi connectivity index (χ4v) is 5.19. The summed E-state index contributed by atoms with van der Waals surface area (Å²) in [4.78, 5) is 18.9. The van der Waals surface area contributed by atoms with E-state index in [2.05, 4.69) is 21.3 Å². The molecule has 0 atom stereocenters. The van der Waals surface area contributed by atoms with E-state index in [4.69, 9.17) is 21.3 Å². The number of ether oxygens (including phenoxy) is 1. The summed E-state index contributed by atoms with van der Waals surface area (Å²) in [6, 6.07) is 13.8. The van der Waals surface area contributed by atoms with Crippen LogP contribution >= 0.6 is 34.3 Å². The van der Waals surface area contributed by atoms with Crippen LogP contribution in [0, 0.1) is 6.92 Å². The van der Waals surface area contributed by atoms with E-state index < -0.39 is 0 Å². The first kappa shape index (κ1) is 21.8. The number of aromatic nitrogens is 2. The molecule has 0 unspecified atom stereocenters. The van der Waals surface area contributed by atoms with Crippen molar-refractivity contribution in [1.29, 1.82) is 0 Å². The number of rotatable bonds is 8. The van der Waals surface area contributed by atoms with Crippen LogP contribution in [0.4, 0.5) is 0 Å². The highest BCUT2D eigenvalue weighted by atomic mass is 35.5. The van der Waals surface area contributed by atoms with Gasteiger partial charge in [0.1, 0.15) is 5.01 Å². The molecule has 0 aliphatic rings. The predicted octanol–water partition coefficient (Wildman–Crippen LogP) is 5.73. The van der Waals surface area contributed by atoms with Gasteiger partial charge in [0.2, 0.25) is 0 Å². The highest BCUT2D eigenvalue weighted by Crippen LogP contribution is 2.35. The number of carbonyl (C=O) groups is 1. The Labute approximate surface area is 194 Å². The molecular weight excluding hydrogens is 450 g/mol. The molecule has 0 aliphatic carbocycles. The van der Waals surface area contributed by atoms with Crippen molar-refractivity contribution in [2.45, 2.75) is 13.5 Å². The Morgan fingerprint density at radius 3 is 2.81 bits per heavy atom. The molecule has 0 saturated carbocycles. The summed E-state index contributed by atoms with van der Waals surface area (Å²) < 4.78 is 7.20. The van der Waals surface area contributed by atoms with Gasteiger partial charge in [-0.2, -0.15) is 0 Å². The van der Waals surface area contributed by atoms with Gasteiger partial charge < -0.3 is 14.6 Å². The normalized spacial score (nSPS) is 11.1. The van der Waals surface area contributed by atoms with E-state index in [1.165, 1.54) is 4.88 Å². The van der Waals surface area contributed by atoms with Gasteiger partial charge in [0.25, 0.3) is 5.91 Å². The Balaban J connectivity index is 1.73. The van der Waals surface area contributed by atoms with E-state index in [0.29, 0.717) is 30.3 Å². The number of thiophene rings is 1. The van der Waals surface area contributed by atoms with Crippen molar-refractivity contribution < 1.29 is 9.53 Å². The van der Waals surface area contributed by atoms with E-state index >= 15 is 0 Å². The minimum atomic E-state index is -0.109. The maximum Gasteiger partial charge on any atom is 0.253 e. The standard InChI is InChI=1S/C23H22ClN3O2S2/c1-15-18(22(28)25-9-10-29-2)12-21(27(15)13-16-6-5-11-30-16)20-14-31-23(26-20)17-7-3-4-8-19(17)24/h3-8,11-12,14H,9-10,13H2,1-2H3,(H,25,28). The lowest BCUT2D eigenvalue weighted by atomic mass is 10.2. The molecule has 0 saturated heterocycles. The number of hydrogen-bond donors (Lipinski definition) is 1. The maximum absolute atomic E-state index is 12.8. The smallest absolute Gasteiger partial charge is 0.253 e. The van der Waals surface area contributed by atoms with Gasteiger partial charge in [0, 0.05) is 35.2 Å². The average molecular weight is 472 g/mol. The zero-order chi connectivity index (χ0) is 21.8. The van der Waals surface area contributed by atoms with Gasteiger partial charge in [0.15, 0.2) is 0 Å². The lowest BCUT2D eigenvalue weighted by Crippen LogP contribution is -2.27. The summed E-state index contributed by atoms with van der Waals surface area (Å²) in [6.07, 6.45) is 0. The summed E-state index contributed by atoms with van der Waals surface area (Å²) in [5, 5.41) is 8.53. The second-order valence-electron chi connectivity index (χ2n) is 6.96. The number of nitrogens with zero attached hydrogens (tertiary/aromatic N) is 2. The van der Waals surface area contributed by atoms with E-state index in [1.807, 2.05) is 48.7 Å². The van der Waals surface area contributed by atoms with E-state index in [0.717, 1.165) is 27.7 Å². The van der Waals surface area contributed by atoms with Crippen molar-refractivity contribution in [3.63, 3.8) is 0 Å². The van der Waals surface area contributed by atoms with Gasteiger partial charge in [-0.15, -0.1) is 22.7 Å². The second-order valence-corrected chi connectivity index (χ2v) is 9.26. The van der Waals surface area contributed by atoms with E-state index in [1.54, 1.807) is 29.8 Å². The van der Waals surface area contributed by atoms with Gasteiger partial charge in [-0.05, 0) is 30.5 Å². The fraction of sp³-hybridized carbons (Fsp3) is 0.217. The molecular formula is C23H22ClN3O2S2. The van der Waals surface area contributed by atoms with Gasteiger partial charge >= 0.3 is 0 Å². The third kappa shape index (κ3) is 4.75. The van der Waals surface area contributed by atoms with Crippen LogP contribution in [-0.4, -0.2) is 35.7 Å². The Hall–Kier alpha value is -2.45. The number of nitrogens with one attached hydrogen (secondary N) is 1. The quantitative estimate of drug-likeness (QED) is 0.334. The Kier molecular flexibility index (Phi) is 6.87. The Morgan fingerprint density at radius 2 is 2.06 bits per heavy atom. The third-order valence-corrected chi connectivity index (χ3v) is 7.03. The van der Waals surface area contributed by atoms with Crippen molar-refractivity contribution in [3.05, 3.63) is 74.4 Å². The number of amides is 1. The minimum absolute atomic E-state index is 0.109. The van der Waals surface area contributed by atoms with Gasteiger partial charge in [-0.3, -0.25) is 4.79 Å². The fourth-order valence-electron chi connectivity index (χ4n) is 3.36. The zero-order valence-corrected chi connectivity index (χ0v) is 19.6. The average Bonchev–Trinajstić information content (AvgIpc) is 3.51. The lowest BCUT2D eigenvalue weighted by Gasteiger charge is -2.10. The predicted molar refractivity (Wildman–Crippen MR) is 128 cm³/mol. The van der Waals surface area contributed by atoms with Gasteiger partial charge in [0.05, 0.1) is 35.1 Å². The second kappa shape index (κ2) is 9.78. The summed E-state index contributed by atoms with van der Waals surface area (Å²) in [5.41, 5.74) is 4.21. The third-order valence-electron chi connectivity index (χ3n) is 4.97. The number of hydrogen-bond acceptors (Lipinski definition) is 5. The monoisotopic (exact) mass is 471 g/mol. The molecule has 3 aromatic heterocycles. The van der Waals surface area contributed by atoms with Crippen LogP contribution in [0.15, 0.2) is 53.2 Å². The van der Waals surface area contributed by atoms with Crippen molar-refractivity contribution in [3.8, 4) is 22.0 Å². The molecule has 8 heteroatoms. The van der Waals surface area contributed by atoms with Crippen LogP contribution in [0.2, 0.25) is 5.02 Å². The SMILES string of the molecule is COCCNC(=O)c1cc(-c2csc(-c3ccccc3Cl)n2)n(Cc2cccs2)c1C. The summed E-state index contributed by atoms with van der Waals surface area (Å²) in [6.45, 7) is 3.60. The molecule has 3 heterocycles. The Bertz CT molecular complexity index is 1180. The first-order valence-electron chi connectivity index (χ1n) is 9.79. The summed E-state index contributed by atoms with van der Waals surface area (Å²) in [7, 11) is 1.62. The van der Waals surface area contributed by atoms with E-state index in [-0.39, 0.29) is 5.91 Å². The van der Waals surface area contributed by atoms with Crippen LogP contribution in [0.5, 0.6) is 0 Å². The zero-order valence-electron chi connectivity index (χ0n) is 17.2. The molecule has 160 valence electrons. The first-order valence-corrected chi connectivity index (χ1v) is 11.9. The van der Waals surface area contributed by atoms with Crippen molar-refractivity contribution in [2.75, 3.05) is 20.3 Å². The number of methoxy groups -OCH3 is 1.